The van der Waals surface area contributed by atoms with Gasteiger partial charge in [-0.1, -0.05) is 23.4 Å². The summed E-state index contributed by atoms with van der Waals surface area (Å²) in [5.41, 5.74) is -0.346. The molecule has 1 rings (SSSR count). The van der Waals surface area contributed by atoms with E-state index in [1.54, 1.807) is 27.0 Å². The molecule has 0 fully saturated rings. The third kappa shape index (κ3) is 6.90. The first-order valence-electron chi connectivity index (χ1n) is 7.03. The van der Waals surface area contributed by atoms with E-state index in [9.17, 15) is 15.0 Å². The maximum Gasteiger partial charge on any atom is 0.407 e. The third-order valence-corrected chi connectivity index (χ3v) is 3.58. The molecule has 1 heterocycles. The fraction of sp³-hybridized carbons (Fsp3) is 0.643. The highest BCUT2D eigenvalue weighted by Gasteiger charge is 2.23. The summed E-state index contributed by atoms with van der Waals surface area (Å²) in [6.45, 7) is 5.41. The minimum absolute atomic E-state index is 0.0935. The molecular weight excluding hydrogens is 342 g/mol. The number of aliphatic hydroxyl groups is 2. The Kier molecular flexibility index (Phi) is 7.53. The van der Waals surface area contributed by atoms with Gasteiger partial charge in [0.2, 0.25) is 0 Å². The second-order valence-corrected chi connectivity index (χ2v) is 6.96. The lowest BCUT2D eigenvalue weighted by atomic mass is 10.1. The lowest BCUT2D eigenvalue weighted by Crippen LogP contribution is -2.34. The van der Waals surface area contributed by atoms with Crippen LogP contribution in [0.25, 0.3) is 0 Å². The molecule has 0 saturated heterocycles. The summed E-state index contributed by atoms with van der Waals surface area (Å²) in [4.78, 5) is 19.5. The predicted octanol–water partition coefficient (Wildman–Crippen LogP) is 2.16. The molecule has 0 radical (unpaired) electrons. The molecule has 3 N–H and O–H groups in total. The Morgan fingerprint density at radius 2 is 2.13 bits per heavy atom. The van der Waals surface area contributed by atoms with Crippen molar-refractivity contribution in [2.24, 2.45) is 0 Å². The van der Waals surface area contributed by atoms with Crippen LogP contribution >= 0.6 is 23.4 Å². The van der Waals surface area contributed by atoms with Crippen molar-refractivity contribution in [1.29, 1.82) is 0 Å². The largest absolute Gasteiger partial charge is 0.444 e. The molecular formula is C14H22ClN3O4S. The molecule has 1 amide bonds. The SMILES string of the molecule is CSc1ncc(C(O)C(O)CCNC(=O)OC(C)(C)C)c(Cl)n1. The molecule has 0 aliphatic rings. The van der Waals surface area contributed by atoms with Gasteiger partial charge < -0.3 is 20.3 Å². The summed E-state index contributed by atoms with van der Waals surface area (Å²) in [5, 5.41) is 23.2. The predicted molar refractivity (Wildman–Crippen MR) is 88.6 cm³/mol. The molecule has 7 nitrogen and oxygen atoms in total. The van der Waals surface area contributed by atoms with Crippen molar-refractivity contribution in [3.63, 3.8) is 0 Å². The van der Waals surface area contributed by atoms with Gasteiger partial charge in [-0.25, -0.2) is 14.8 Å². The van der Waals surface area contributed by atoms with Gasteiger partial charge in [-0.3, -0.25) is 0 Å². The van der Waals surface area contributed by atoms with Crippen LogP contribution < -0.4 is 5.32 Å². The van der Waals surface area contributed by atoms with Crippen molar-refractivity contribution >= 4 is 29.5 Å². The zero-order valence-corrected chi connectivity index (χ0v) is 15.1. The van der Waals surface area contributed by atoms with E-state index in [1.807, 2.05) is 0 Å². The molecule has 9 heteroatoms. The average molecular weight is 364 g/mol. The highest BCUT2D eigenvalue weighted by atomic mass is 35.5. The molecule has 0 aliphatic heterocycles. The summed E-state index contributed by atoms with van der Waals surface area (Å²) in [6, 6.07) is 0. The summed E-state index contributed by atoms with van der Waals surface area (Å²) < 4.78 is 5.07. The second kappa shape index (κ2) is 8.68. The van der Waals surface area contributed by atoms with Crippen LogP contribution in [0.5, 0.6) is 0 Å². The molecule has 130 valence electrons. The van der Waals surface area contributed by atoms with Gasteiger partial charge in [0.15, 0.2) is 5.16 Å². The Balaban J connectivity index is 2.51. The van der Waals surface area contributed by atoms with Crippen LogP contribution in [0.3, 0.4) is 0 Å². The number of nitrogens with one attached hydrogen (secondary N) is 1. The van der Waals surface area contributed by atoms with Gasteiger partial charge in [0.1, 0.15) is 16.9 Å². The Labute approximate surface area is 144 Å². The van der Waals surface area contributed by atoms with E-state index < -0.39 is 23.9 Å². The van der Waals surface area contributed by atoms with Gasteiger partial charge in [0.25, 0.3) is 0 Å². The lowest BCUT2D eigenvalue weighted by molar-refractivity contribution is 0.0119. The van der Waals surface area contributed by atoms with E-state index in [2.05, 4.69) is 15.3 Å². The van der Waals surface area contributed by atoms with E-state index >= 15 is 0 Å². The third-order valence-electron chi connectivity index (χ3n) is 2.72. The number of aliphatic hydroxyl groups excluding tert-OH is 2. The van der Waals surface area contributed by atoms with Crippen molar-refractivity contribution in [2.45, 2.75) is 50.2 Å². The maximum atomic E-state index is 11.5. The average Bonchev–Trinajstić information content (AvgIpc) is 2.44. The van der Waals surface area contributed by atoms with Crippen LogP contribution in [0, 0.1) is 0 Å². The van der Waals surface area contributed by atoms with Crippen molar-refractivity contribution < 1.29 is 19.7 Å². The van der Waals surface area contributed by atoms with E-state index in [1.165, 1.54) is 18.0 Å². The number of aromatic nitrogens is 2. The molecule has 0 aliphatic carbocycles. The first kappa shape index (κ1) is 20.0. The van der Waals surface area contributed by atoms with E-state index in [0.717, 1.165) is 0 Å². The number of hydrogen-bond donors (Lipinski definition) is 3. The number of hydrogen-bond acceptors (Lipinski definition) is 7. The molecule has 0 saturated carbocycles. The molecule has 0 aromatic carbocycles. The number of nitrogens with zero attached hydrogens (tertiary/aromatic N) is 2. The Morgan fingerprint density at radius 1 is 1.48 bits per heavy atom. The number of ether oxygens (including phenoxy) is 1. The van der Waals surface area contributed by atoms with Gasteiger partial charge in [0, 0.05) is 18.3 Å². The van der Waals surface area contributed by atoms with Crippen LogP contribution in [0.1, 0.15) is 38.9 Å². The normalized spacial score (nSPS) is 14.2. The fourth-order valence-corrected chi connectivity index (χ4v) is 2.29. The van der Waals surface area contributed by atoms with Gasteiger partial charge in [0.05, 0.1) is 6.10 Å². The quantitative estimate of drug-likeness (QED) is 0.404. The monoisotopic (exact) mass is 363 g/mol. The number of carbonyl (C=O) groups excluding carboxylic acids is 1. The molecule has 1 aromatic heterocycles. The minimum Gasteiger partial charge on any atom is -0.444 e. The van der Waals surface area contributed by atoms with Crippen LogP contribution in [-0.4, -0.2) is 50.8 Å². The van der Waals surface area contributed by atoms with E-state index in [0.29, 0.717) is 5.16 Å². The summed E-state index contributed by atoms with van der Waals surface area (Å²) in [6.07, 6.45) is 0.381. The maximum absolute atomic E-state index is 11.5. The standard InChI is InChI=1S/C14H22ClN3O4S/c1-14(2,3)22-13(21)16-6-5-9(19)10(20)8-7-17-12(23-4)18-11(8)15/h7,9-10,19-20H,5-6H2,1-4H3,(H,16,21). The highest BCUT2D eigenvalue weighted by molar-refractivity contribution is 7.98. The first-order chi connectivity index (χ1) is 10.6. The van der Waals surface area contributed by atoms with Gasteiger partial charge in [-0.15, -0.1) is 0 Å². The van der Waals surface area contributed by atoms with E-state index in [4.69, 9.17) is 16.3 Å². The summed E-state index contributed by atoms with van der Waals surface area (Å²) in [5.74, 6) is 0. The van der Waals surface area contributed by atoms with Crippen LogP contribution in [0.15, 0.2) is 11.4 Å². The zero-order valence-electron chi connectivity index (χ0n) is 13.5. The lowest BCUT2D eigenvalue weighted by Gasteiger charge is -2.21. The zero-order chi connectivity index (χ0) is 17.6. The van der Waals surface area contributed by atoms with Crippen molar-refractivity contribution in [3.8, 4) is 0 Å². The minimum atomic E-state index is -1.24. The van der Waals surface area contributed by atoms with Gasteiger partial charge in [-0.05, 0) is 33.4 Å². The smallest absolute Gasteiger partial charge is 0.407 e. The van der Waals surface area contributed by atoms with Gasteiger partial charge >= 0.3 is 6.09 Å². The number of halogens is 1. The molecule has 0 bridgehead atoms. The molecule has 2 unspecified atom stereocenters. The number of alkyl carbamates (subject to hydrolysis) is 1. The van der Waals surface area contributed by atoms with Gasteiger partial charge in [-0.2, -0.15) is 0 Å². The van der Waals surface area contributed by atoms with Crippen molar-refractivity contribution in [1.82, 2.24) is 15.3 Å². The Hall–Kier alpha value is -1.09. The molecule has 0 spiro atoms. The number of amides is 1. The van der Waals surface area contributed by atoms with Crippen LogP contribution in [-0.2, 0) is 4.74 Å². The van der Waals surface area contributed by atoms with Crippen LogP contribution in [0.2, 0.25) is 5.15 Å². The molecule has 2 atom stereocenters. The Bertz CT molecular complexity index is 539. The van der Waals surface area contributed by atoms with Crippen molar-refractivity contribution in [3.05, 3.63) is 16.9 Å². The second-order valence-electron chi connectivity index (χ2n) is 5.83. The number of thioether (sulfide) groups is 1. The fourth-order valence-electron chi connectivity index (χ4n) is 1.65. The number of rotatable bonds is 6. The van der Waals surface area contributed by atoms with E-state index in [-0.39, 0.29) is 23.7 Å². The summed E-state index contributed by atoms with van der Waals surface area (Å²) in [7, 11) is 0. The van der Waals surface area contributed by atoms with Crippen LogP contribution in [0.4, 0.5) is 4.79 Å². The number of carbonyl (C=O) groups is 1. The summed E-state index contributed by atoms with van der Waals surface area (Å²) >= 11 is 7.30. The molecule has 23 heavy (non-hydrogen) atoms. The molecule has 1 aromatic rings. The topological polar surface area (TPSA) is 105 Å². The first-order valence-corrected chi connectivity index (χ1v) is 8.63. The highest BCUT2D eigenvalue weighted by Crippen LogP contribution is 2.25. The van der Waals surface area contributed by atoms with Crippen molar-refractivity contribution in [2.75, 3.05) is 12.8 Å². The Morgan fingerprint density at radius 3 is 2.65 bits per heavy atom.